The van der Waals surface area contributed by atoms with Gasteiger partial charge in [0, 0.05) is 31.8 Å². The summed E-state index contributed by atoms with van der Waals surface area (Å²) in [6, 6.07) is 19.9. The molecular formula is C25H21N7O4. The van der Waals surface area contributed by atoms with Crippen molar-refractivity contribution in [3.63, 3.8) is 0 Å². The third-order valence-electron chi connectivity index (χ3n) is 6.02. The fraction of sp³-hybridized carbons (Fsp3) is 0.120. The predicted molar refractivity (Wildman–Crippen MR) is 138 cm³/mol. The summed E-state index contributed by atoms with van der Waals surface area (Å²) in [6.45, 7) is 0.292. The highest BCUT2D eigenvalue weighted by atomic mass is 16.6. The molecule has 5 rings (SSSR count). The maximum atomic E-state index is 13.1. The number of hydrogen-bond donors (Lipinski definition) is 1. The van der Waals surface area contributed by atoms with Crippen LogP contribution in [0.1, 0.15) is 11.1 Å². The minimum atomic E-state index is -0.492. The molecule has 2 heterocycles. The van der Waals surface area contributed by atoms with Crippen molar-refractivity contribution in [3.05, 3.63) is 109 Å². The molecular weight excluding hydrogens is 462 g/mol. The van der Waals surface area contributed by atoms with E-state index in [0.717, 1.165) is 20.9 Å². The normalized spacial score (nSPS) is 11.5. The number of aromatic nitrogens is 4. The molecule has 0 saturated heterocycles. The molecule has 0 atom stereocenters. The number of nitro benzene ring substituents is 1. The molecule has 0 fully saturated rings. The second-order valence-corrected chi connectivity index (χ2v) is 8.26. The average Bonchev–Trinajstić information content (AvgIpc) is 3.24. The smallest absolute Gasteiger partial charge is 0.298 e. The average molecular weight is 483 g/mol. The standard InChI is InChI=1S/C25H21N7O4/c1-29-22-21(23(33)30(2)25(29)34)31(15-18-10-6-9-17-8-3-4-12-20(17)18)24(27-22)28-26-14-16-7-5-11-19(13-16)32(35)36/h3-14H,15H2,1-2H3,(H,27,28)/b26-14+. The van der Waals surface area contributed by atoms with Gasteiger partial charge in [0.25, 0.3) is 11.2 Å². The third-order valence-corrected chi connectivity index (χ3v) is 6.02. The number of non-ortho nitro benzene ring substituents is 1. The van der Waals surface area contributed by atoms with Crippen molar-refractivity contribution in [1.29, 1.82) is 0 Å². The molecule has 0 aliphatic heterocycles. The Hall–Kier alpha value is -5.06. The molecule has 0 radical (unpaired) electrons. The van der Waals surface area contributed by atoms with Crippen molar-refractivity contribution in [1.82, 2.24) is 18.7 Å². The van der Waals surface area contributed by atoms with Gasteiger partial charge in [-0.1, -0.05) is 54.6 Å². The largest absolute Gasteiger partial charge is 0.332 e. The molecule has 0 spiro atoms. The van der Waals surface area contributed by atoms with Crippen molar-refractivity contribution in [3.8, 4) is 0 Å². The van der Waals surface area contributed by atoms with E-state index in [2.05, 4.69) is 15.5 Å². The fourth-order valence-electron chi connectivity index (χ4n) is 4.17. The van der Waals surface area contributed by atoms with Gasteiger partial charge in [0.05, 0.1) is 17.7 Å². The molecule has 0 saturated carbocycles. The molecule has 0 aliphatic carbocycles. The van der Waals surface area contributed by atoms with Crippen LogP contribution in [0.3, 0.4) is 0 Å². The topological polar surface area (TPSA) is 129 Å². The second kappa shape index (κ2) is 8.95. The Bertz CT molecular complexity index is 1790. The molecule has 2 aromatic heterocycles. The lowest BCUT2D eigenvalue weighted by atomic mass is 10.0. The molecule has 36 heavy (non-hydrogen) atoms. The van der Waals surface area contributed by atoms with Gasteiger partial charge in [0.15, 0.2) is 11.2 Å². The van der Waals surface area contributed by atoms with E-state index in [4.69, 9.17) is 0 Å². The van der Waals surface area contributed by atoms with Gasteiger partial charge in [-0.05, 0) is 16.3 Å². The number of nitrogens with zero attached hydrogens (tertiary/aromatic N) is 6. The van der Waals surface area contributed by atoms with Crippen LogP contribution in [0.4, 0.5) is 11.6 Å². The van der Waals surface area contributed by atoms with Crippen LogP contribution < -0.4 is 16.7 Å². The number of aryl methyl sites for hydroxylation is 1. The van der Waals surface area contributed by atoms with Crippen LogP contribution >= 0.6 is 0 Å². The number of fused-ring (bicyclic) bond motifs is 2. The highest BCUT2D eigenvalue weighted by molar-refractivity contribution is 5.86. The first-order chi connectivity index (χ1) is 17.3. The summed E-state index contributed by atoms with van der Waals surface area (Å²) in [5, 5.41) is 17.3. The van der Waals surface area contributed by atoms with Gasteiger partial charge in [0.2, 0.25) is 5.95 Å². The summed E-state index contributed by atoms with van der Waals surface area (Å²) in [5.41, 5.74) is 3.76. The number of benzene rings is 3. The molecule has 3 aromatic carbocycles. The van der Waals surface area contributed by atoms with Crippen LogP contribution in [0, 0.1) is 10.1 Å². The van der Waals surface area contributed by atoms with Crippen LogP contribution in [0.5, 0.6) is 0 Å². The molecule has 11 heteroatoms. The Morgan fingerprint density at radius 1 is 1.03 bits per heavy atom. The van der Waals surface area contributed by atoms with Crippen LogP contribution in [0.15, 0.2) is 81.4 Å². The summed E-state index contributed by atoms with van der Waals surface area (Å²) in [7, 11) is 2.97. The van der Waals surface area contributed by atoms with Gasteiger partial charge in [-0.15, -0.1) is 0 Å². The lowest BCUT2D eigenvalue weighted by Crippen LogP contribution is -2.37. The summed E-state index contributed by atoms with van der Waals surface area (Å²) < 4.78 is 4.04. The van der Waals surface area contributed by atoms with Crippen molar-refractivity contribution < 1.29 is 4.92 Å². The van der Waals surface area contributed by atoms with E-state index in [1.54, 1.807) is 23.7 Å². The number of imidazole rings is 1. The van der Waals surface area contributed by atoms with E-state index < -0.39 is 16.2 Å². The zero-order valence-corrected chi connectivity index (χ0v) is 19.5. The number of hydrazone groups is 1. The van der Waals surface area contributed by atoms with Crippen LogP contribution in [-0.4, -0.2) is 29.8 Å². The Balaban J connectivity index is 1.63. The Kier molecular flexibility index (Phi) is 5.65. The molecule has 180 valence electrons. The van der Waals surface area contributed by atoms with Gasteiger partial charge >= 0.3 is 5.69 Å². The lowest BCUT2D eigenvalue weighted by Gasteiger charge is -2.11. The van der Waals surface area contributed by atoms with E-state index in [1.165, 1.54) is 30.0 Å². The van der Waals surface area contributed by atoms with E-state index >= 15 is 0 Å². The van der Waals surface area contributed by atoms with Crippen molar-refractivity contribution in [2.24, 2.45) is 19.2 Å². The SMILES string of the molecule is Cn1c(=O)c2c(nc(N/N=C/c3cccc([N+](=O)[O-])c3)n2Cc2cccc3ccccc23)n(C)c1=O. The minimum Gasteiger partial charge on any atom is -0.298 e. The van der Waals surface area contributed by atoms with Crippen molar-refractivity contribution in [2.45, 2.75) is 6.54 Å². The van der Waals surface area contributed by atoms with Gasteiger partial charge in [-0.25, -0.2) is 10.2 Å². The molecule has 5 aromatic rings. The maximum Gasteiger partial charge on any atom is 0.332 e. The number of anilines is 1. The zero-order valence-electron chi connectivity index (χ0n) is 19.5. The van der Waals surface area contributed by atoms with Crippen LogP contribution in [-0.2, 0) is 20.6 Å². The molecule has 1 N–H and O–H groups in total. The van der Waals surface area contributed by atoms with Gasteiger partial charge in [0.1, 0.15) is 0 Å². The predicted octanol–water partition coefficient (Wildman–Crippen LogP) is 2.99. The van der Waals surface area contributed by atoms with Crippen molar-refractivity contribution in [2.75, 3.05) is 5.43 Å². The van der Waals surface area contributed by atoms with Crippen molar-refractivity contribution >= 4 is 39.8 Å². The molecule has 0 bridgehead atoms. The summed E-state index contributed by atoms with van der Waals surface area (Å²) in [5.74, 6) is 0.248. The van der Waals surface area contributed by atoms with E-state index in [9.17, 15) is 19.7 Å². The molecule has 0 aliphatic rings. The van der Waals surface area contributed by atoms with E-state index in [1.807, 2.05) is 42.5 Å². The first-order valence-corrected chi connectivity index (χ1v) is 11.0. The Morgan fingerprint density at radius 3 is 2.58 bits per heavy atom. The number of hydrogen-bond acceptors (Lipinski definition) is 7. The van der Waals surface area contributed by atoms with Gasteiger partial charge < -0.3 is 0 Å². The van der Waals surface area contributed by atoms with Crippen LogP contribution in [0.2, 0.25) is 0 Å². The number of nitro groups is 1. The molecule has 11 nitrogen and oxygen atoms in total. The third kappa shape index (κ3) is 3.92. The van der Waals surface area contributed by atoms with Gasteiger partial charge in [-0.3, -0.25) is 28.6 Å². The Morgan fingerprint density at radius 2 is 1.78 bits per heavy atom. The zero-order chi connectivity index (χ0) is 25.4. The quantitative estimate of drug-likeness (QED) is 0.225. The second-order valence-electron chi connectivity index (χ2n) is 8.26. The number of nitrogens with one attached hydrogen (secondary N) is 1. The maximum absolute atomic E-state index is 13.1. The summed E-state index contributed by atoms with van der Waals surface area (Å²) in [4.78, 5) is 40.7. The fourth-order valence-corrected chi connectivity index (χ4v) is 4.17. The van der Waals surface area contributed by atoms with E-state index in [-0.39, 0.29) is 22.8 Å². The van der Waals surface area contributed by atoms with Gasteiger partial charge in [-0.2, -0.15) is 10.1 Å². The number of rotatable bonds is 6. The Labute approximate surface area is 203 Å². The molecule has 0 amide bonds. The highest BCUT2D eigenvalue weighted by Crippen LogP contribution is 2.23. The monoisotopic (exact) mass is 483 g/mol. The first-order valence-electron chi connectivity index (χ1n) is 11.0. The first kappa shape index (κ1) is 22.7. The lowest BCUT2D eigenvalue weighted by molar-refractivity contribution is -0.384. The minimum absolute atomic E-state index is 0.0550. The van der Waals surface area contributed by atoms with Crippen LogP contribution in [0.25, 0.3) is 21.9 Å². The molecule has 0 unspecified atom stereocenters. The summed E-state index contributed by atoms with van der Waals surface area (Å²) >= 11 is 0. The highest BCUT2D eigenvalue weighted by Gasteiger charge is 2.20. The summed E-state index contributed by atoms with van der Waals surface area (Å²) in [6.07, 6.45) is 1.42. The van der Waals surface area contributed by atoms with E-state index in [0.29, 0.717) is 12.1 Å².